The number of aryl methyl sites for hydroxylation is 1. The maximum absolute atomic E-state index is 11.1. The number of benzene rings is 1. The van der Waals surface area contributed by atoms with Gasteiger partial charge in [0.05, 0.1) is 6.10 Å². The van der Waals surface area contributed by atoms with E-state index in [0.717, 1.165) is 12.8 Å². The lowest BCUT2D eigenvalue weighted by molar-refractivity contribution is -0.161. The lowest BCUT2D eigenvalue weighted by Gasteiger charge is -2.33. The Labute approximate surface area is 102 Å². The quantitative estimate of drug-likeness (QED) is 0.706. The molecule has 1 aliphatic rings. The Morgan fingerprint density at radius 1 is 1.29 bits per heavy atom. The second-order valence-electron chi connectivity index (χ2n) is 4.33. The van der Waals surface area contributed by atoms with Gasteiger partial charge in [-0.1, -0.05) is 30.3 Å². The molecule has 2 rings (SSSR count). The van der Waals surface area contributed by atoms with Crippen molar-refractivity contribution in [1.29, 1.82) is 0 Å². The highest BCUT2D eigenvalue weighted by atomic mass is 16.5. The average molecular weight is 234 g/mol. The van der Waals surface area contributed by atoms with Crippen LogP contribution in [0.3, 0.4) is 0 Å². The highest BCUT2D eigenvalue weighted by molar-refractivity contribution is 5.90. The predicted molar refractivity (Wildman–Crippen MR) is 64.9 cm³/mol. The van der Waals surface area contributed by atoms with E-state index >= 15 is 0 Å². The van der Waals surface area contributed by atoms with E-state index in [1.165, 1.54) is 5.56 Å². The molecule has 17 heavy (non-hydrogen) atoms. The van der Waals surface area contributed by atoms with Gasteiger partial charge in [-0.15, -0.1) is 0 Å². The van der Waals surface area contributed by atoms with E-state index in [4.69, 9.17) is 9.47 Å². The van der Waals surface area contributed by atoms with Gasteiger partial charge in [0.25, 0.3) is 0 Å². The zero-order valence-corrected chi connectivity index (χ0v) is 10.1. The molecule has 1 aliphatic carbocycles. The van der Waals surface area contributed by atoms with Gasteiger partial charge in [0, 0.05) is 20.1 Å². The van der Waals surface area contributed by atoms with E-state index in [2.05, 4.69) is 12.1 Å². The number of methoxy groups -OCH3 is 1. The molecule has 1 saturated carbocycles. The van der Waals surface area contributed by atoms with Crippen LogP contribution in [0.4, 0.5) is 0 Å². The van der Waals surface area contributed by atoms with Crippen LogP contribution in [0.25, 0.3) is 0 Å². The highest BCUT2D eigenvalue weighted by Gasteiger charge is 2.40. The third-order valence-electron chi connectivity index (χ3n) is 3.10. The topological polar surface area (TPSA) is 35.5 Å². The Hall–Kier alpha value is -1.19. The van der Waals surface area contributed by atoms with E-state index < -0.39 is 0 Å². The van der Waals surface area contributed by atoms with Gasteiger partial charge in [0.2, 0.25) is 0 Å². The summed E-state index contributed by atoms with van der Waals surface area (Å²) >= 11 is 0. The summed E-state index contributed by atoms with van der Waals surface area (Å²) in [6, 6.07) is 10.3. The summed E-state index contributed by atoms with van der Waals surface area (Å²) in [5.41, 5.74) is 1.32. The van der Waals surface area contributed by atoms with Crippen molar-refractivity contribution in [1.82, 2.24) is 0 Å². The van der Waals surface area contributed by atoms with Crippen LogP contribution in [0.1, 0.15) is 18.4 Å². The molecule has 2 atom stereocenters. The zero-order chi connectivity index (χ0) is 12.1. The third kappa shape index (κ3) is 3.14. The normalized spacial score (nSPS) is 23.5. The number of hydrogen-bond acceptors (Lipinski definition) is 3. The van der Waals surface area contributed by atoms with Crippen LogP contribution in [0.2, 0.25) is 0 Å². The number of hydrogen-bond donors (Lipinski definition) is 0. The van der Waals surface area contributed by atoms with Gasteiger partial charge in [-0.2, -0.15) is 0 Å². The van der Waals surface area contributed by atoms with Gasteiger partial charge in [-0.25, -0.2) is 0 Å². The number of ether oxygens (including phenoxy) is 2. The highest BCUT2D eigenvalue weighted by Crippen LogP contribution is 2.22. The van der Waals surface area contributed by atoms with Crippen LogP contribution in [-0.4, -0.2) is 31.7 Å². The van der Waals surface area contributed by atoms with E-state index in [-0.39, 0.29) is 18.0 Å². The molecule has 1 aromatic rings. The second kappa shape index (κ2) is 5.94. The van der Waals surface area contributed by atoms with Crippen molar-refractivity contribution in [3.05, 3.63) is 35.9 Å². The molecule has 0 spiro atoms. The molecule has 0 radical (unpaired) electrons. The van der Waals surface area contributed by atoms with Crippen LogP contribution in [0.15, 0.2) is 30.3 Å². The summed E-state index contributed by atoms with van der Waals surface area (Å²) in [6.45, 7) is 0.687. The maximum atomic E-state index is 11.1. The SMILES string of the molecule is COC1C(=O)CC1OCCCc1ccccc1. The van der Waals surface area contributed by atoms with E-state index in [1.54, 1.807) is 7.11 Å². The van der Waals surface area contributed by atoms with Crippen molar-refractivity contribution in [2.75, 3.05) is 13.7 Å². The summed E-state index contributed by atoms with van der Waals surface area (Å²) < 4.78 is 10.7. The summed E-state index contributed by atoms with van der Waals surface area (Å²) in [6.07, 6.45) is 2.14. The number of rotatable bonds is 6. The van der Waals surface area contributed by atoms with Gasteiger partial charge in [0.15, 0.2) is 5.78 Å². The standard InChI is InChI=1S/C14H18O3/c1-16-14-12(15)10-13(14)17-9-5-8-11-6-3-2-4-7-11/h2-4,6-7,13-14H,5,8-10H2,1H3. The smallest absolute Gasteiger partial charge is 0.166 e. The van der Waals surface area contributed by atoms with Gasteiger partial charge < -0.3 is 9.47 Å². The lowest BCUT2D eigenvalue weighted by Crippen LogP contribution is -2.50. The molecular weight excluding hydrogens is 216 g/mol. The van der Waals surface area contributed by atoms with Crippen molar-refractivity contribution >= 4 is 5.78 Å². The number of Topliss-reactive ketones (excluding diaryl/α,β-unsaturated/α-hetero) is 1. The van der Waals surface area contributed by atoms with Crippen LogP contribution in [0, 0.1) is 0 Å². The van der Waals surface area contributed by atoms with Crippen molar-refractivity contribution in [3.8, 4) is 0 Å². The molecule has 2 unspecified atom stereocenters. The van der Waals surface area contributed by atoms with Gasteiger partial charge in [-0.3, -0.25) is 4.79 Å². The minimum Gasteiger partial charge on any atom is -0.375 e. The summed E-state index contributed by atoms with van der Waals surface area (Å²) in [4.78, 5) is 11.1. The Morgan fingerprint density at radius 3 is 2.71 bits per heavy atom. The fraction of sp³-hybridized carbons (Fsp3) is 0.500. The largest absolute Gasteiger partial charge is 0.375 e. The van der Waals surface area contributed by atoms with Crippen LogP contribution < -0.4 is 0 Å². The molecule has 0 aromatic heterocycles. The van der Waals surface area contributed by atoms with Gasteiger partial charge >= 0.3 is 0 Å². The molecule has 0 heterocycles. The number of ketones is 1. The summed E-state index contributed by atoms with van der Waals surface area (Å²) in [7, 11) is 1.56. The molecule has 92 valence electrons. The maximum Gasteiger partial charge on any atom is 0.166 e. The van der Waals surface area contributed by atoms with Crippen LogP contribution in [-0.2, 0) is 20.7 Å². The molecule has 0 N–H and O–H groups in total. The molecule has 1 aromatic carbocycles. The monoisotopic (exact) mass is 234 g/mol. The number of carbonyl (C=O) groups excluding carboxylic acids is 1. The molecular formula is C14H18O3. The minimum absolute atomic E-state index is 0.0247. The Bertz CT molecular complexity index is 361. The number of carbonyl (C=O) groups is 1. The Kier molecular flexibility index (Phi) is 4.29. The minimum atomic E-state index is -0.327. The first-order valence-corrected chi connectivity index (χ1v) is 6.02. The van der Waals surface area contributed by atoms with Crippen LogP contribution >= 0.6 is 0 Å². The van der Waals surface area contributed by atoms with Crippen LogP contribution in [0.5, 0.6) is 0 Å². The van der Waals surface area contributed by atoms with Gasteiger partial charge in [0.1, 0.15) is 6.10 Å². The zero-order valence-electron chi connectivity index (χ0n) is 10.1. The fourth-order valence-corrected chi connectivity index (χ4v) is 2.05. The fourth-order valence-electron chi connectivity index (χ4n) is 2.05. The second-order valence-corrected chi connectivity index (χ2v) is 4.33. The average Bonchev–Trinajstić information content (AvgIpc) is 2.34. The van der Waals surface area contributed by atoms with E-state index in [1.807, 2.05) is 18.2 Å². The molecule has 0 bridgehead atoms. The van der Waals surface area contributed by atoms with Crippen molar-refractivity contribution < 1.29 is 14.3 Å². The van der Waals surface area contributed by atoms with Gasteiger partial charge in [-0.05, 0) is 18.4 Å². The Balaban J connectivity index is 1.63. The van der Waals surface area contributed by atoms with E-state index in [9.17, 15) is 4.79 Å². The summed E-state index contributed by atoms with van der Waals surface area (Å²) in [5.74, 6) is 0.153. The molecule has 3 heteroatoms. The molecule has 0 saturated heterocycles. The predicted octanol–water partition coefficient (Wildman–Crippen LogP) is 1.99. The lowest BCUT2D eigenvalue weighted by atomic mass is 9.90. The first kappa shape index (κ1) is 12.3. The van der Waals surface area contributed by atoms with Crippen molar-refractivity contribution in [2.24, 2.45) is 0 Å². The Morgan fingerprint density at radius 2 is 2.06 bits per heavy atom. The first-order valence-electron chi connectivity index (χ1n) is 6.02. The molecule has 3 nitrogen and oxygen atoms in total. The van der Waals surface area contributed by atoms with Crippen molar-refractivity contribution in [2.45, 2.75) is 31.5 Å². The molecule has 0 amide bonds. The third-order valence-corrected chi connectivity index (χ3v) is 3.10. The van der Waals surface area contributed by atoms with E-state index in [0.29, 0.717) is 13.0 Å². The first-order chi connectivity index (χ1) is 8.31. The van der Waals surface area contributed by atoms with Crippen molar-refractivity contribution in [3.63, 3.8) is 0 Å². The summed E-state index contributed by atoms with van der Waals surface area (Å²) in [5, 5.41) is 0. The molecule has 1 fully saturated rings. The molecule has 0 aliphatic heterocycles.